The minimum absolute atomic E-state index is 0.146. The molecule has 7 heteroatoms. The van der Waals surface area contributed by atoms with Gasteiger partial charge in [-0.2, -0.15) is 0 Å². The van der Waals surface area contributed by atoms with E-state index < -0.39 is 30.2 Å². The van der Waals surface area contributed by atoms with Gasteiger partial charge in [-0.3, -0.25) is 0 Å². The number of ether oxygens (including phenoxy) is 4. The largest absolute Gasteiger partial charge is 0.396 e. The first-order chi connectivity index (χ1) is 26.9. The molecule has 0 aromatic carbocycles. The molecule has 0 aromatic heterocycles. The molecule has 0 saturated carbocycles. The van der Waals surface area contributed by atoms with E-state index in [-0.39, 0.29) is 19.8 Å². The maximum Gasteiger partial charge on any atom is 0.183 e. The summed E-state index contributed by atoms with van der Waals surface area (Å²) in [6.45, 7) is 11.1. The lowest BCUT2D eigenvalue weighted by Gasteiger charge is -2.34. The van der Waals surface area contributed by atoms with Crippen LogP contribution in [0.5, 0.6) is 0 Å². The fourth-order valence-corrected chi connectivity index (χ4v) is 6.72. The van der Waals surface area contributed by atoms with Crippen LogP contribution in [0, 0.1) is 5.41 Å². The van der Waals surface area contributed by atoms with E-state index in [1.165, 1.54) is 154 Å². The van der Waals surface area contributed by atoms with Crippen molar-refractivity contribution in [3.05, 3.63) is 24.3 Å². The third kappa shape index (κ3) is 34.9. The van der Waals surface area contributed by atoms with Crippen LogP contribution in [-0.4, -0.2) is 73.1 Å². The van der Waals surface area contributed by atoms with E-state index in [0.717, 1.165) is 25.7 Å². The van der Waals surface area contributed by atoms with Gasteiger partial charge in [-0.25, -0.2) is 0 Å². The van der Waals surface area contributed by atoms with Crippen LogP contribution in [0.25, 0.3) is 0 Å². The third-order valence-electron chi connectivity index (χ3n) is 10.9. The smallest absolute Gasteiger partial charge is 0.183 e. The molecule has 0 heterocycles. The lowest BCUT2D eigenvalue weighted by molar-refractivity contribution is -0.234. The van der Waals surface area contributed by atoms with Crippen molar-refractivity contribution in [1.82, 2.24) is 0 Å². The highest BCUT2D eigenvalue weighted by atomic mass is 16.7. The molecule has 0 aliphatic heterocycles. The Morgan fingerprint density at radius 3 is 0.982 bits per heavy atom. The predicted molar refractivity (Wildman–Crippen MR) is 233 cm³/mol. The minimum atomic E-state index is -0.798. The molecule has 4 atom stereocenters. The lowest BCUT2D eigenvalue weighted by atomic mass is 9.88. The first-order valence-corrected chi connectivity index (χ1v) is 23.6. The van der Waals surface area contributed by atoms with Gasteiger partial charge in [0.15, 0.2) is 12.6 Å². The SMILES string of the molecule is CCCCCCCC/C=C\CCCCCCCCOC(OCC(CC)(CO)COC(OCCCCCCCC/C=C\CCCCCCCC)C(C)O)C(C)O. The van der Waals surface area contributed by atoms with Crippen molar-refractivity contribution in [2.75, 3.05) is 33.0 Å². The van der Waals surface area contributed by atoms with E-state index in [2.05, 4.69) is 38.2 Å². The maximum absolute atomic E-state index is 10.4. The second-order valence-corrected chi connectivity index (χ2v) is 16.5. The molecule has 0 aliphatic carbocycles. The predicted octanol–water partition coefficient (Wildman–Crippen LogP) is 12.9. The Morgan fingerprint density at radius 2 is 0.709 bits per heavy atom. The van der Waals surface area contributed by atoms with Crippen LogP contribution >= 0.6 is 0 Å². The van der Waals surface area contributed by atoms with E-state index in [1.54, 1.807) is 13.8 Å². The molecule has 0 radical (unpaired) electrons. The van der Waals surface area contributed by atoms with E-state index in [1.807, 2.05) is 6.92 Å². The molecular formula is C48H94O7. The van der Waals surface area contributed by atoms with Gasteiger partial charge in [0.05, 0.1) is 19.8 Å². The highest BCUT2D eigenvalue weighted by Gasteiger charge is 2.33. The summed E-state index contributed by atoms with van der Waals surface area (Å²) in [6.07, 6.45) is 42.1. The molecule has 0 fully saturated rings. The van der Waals surface area contributed by atoms with Gasteiger partial charge < -0.3 is 34.3 Å². The van der Waals surface area contributed by atoms with Crippen LogP contribution in [0.4, 0.5) is 0 Å². The van der Waals surface area contributed by atoms with Gasteiger partial charge in [0.2, 0.25) is 0 Å². The Bertz CT molecular complexity index is 748. The molecular weight excluding hydrogens is 689 g/mol. The summed E-state index contributed by atoms with van der Waals surface area (Å²) in [5.41, 5.74) is -0.695. The van der Waals surface area contributed by atoms with Crippen molar-refractivity contribution >= 4 is 0 Å². The van der Waals surface area contributed by atoms with Crippen molar-refractivity contribution in [1.29, 1.82) is 0 Å². The van der Waals surface area contributed by atoms with Gasteiger partial charge >= 0.3 is 0 Å². The van der Waals surface area contributed by atoms with Crippen LogP contribution < -0.4 is 0 Å². The Balaban J connectivity index is 4.15. The highest BCUT2D eigenvalue weighted by Crippen LogP contribution is 2.25. The Hall–Kier alpha value is -0.800. The summed E-state index contributed by atoms with van der Waals surface area (Å²) in [7, 11) is 0. The second-order valence-electron chi connectivity index (χ2n) is 16.5. The summed E-state index contributed by atoms with van der Waals surface area (Å²) in [6, 6.07) is 0. The van der Waals surface area contributed by atoms with Crippen molar-refractivity contribution in [3.8, 4) is 0 Å². The van der Waals surface area contributed by atoms with Crippen LogP contribution in [0.2, 0.25) is 0 Å². The molecule has 0 saturated heterocycles. The second kappa shape index (κ2) is 41.4. The molecule has 55 heavy (non-hydrogen) atoms. The van der Waals surface area contributed by atoms with E-state index in [0.29, 0.717) is 19.6 Å². The Labute approximate surface area is 341 Å². The number of unbranched alkanes of at least 4 members (excludes halogenated alkanes) is 24. The van der Waals surface area contributed by atoms with Crippen LogP contribution in [0.15, 0.2) is 24.3 Å². The zero-order valence-electron chi connectivity index (χ0n) is 37.1. The topological polar surface area (TPSA) is 97.6 Å². The molecule has 0 aliphatic rings. The zero-order valence-corrected chi connectivity index (χ0v) is 37.1. The van der Waals surface area contributed by atoms with Crippen LogP contribution in [0.3, 0.4) is 0 Å². The van der Waals surface area contributed by atoms with E-state index >= 15 is 0 Å². The van der Waals surface area contributed by atoms with Gasteiger partial charge in [-0.1, -0.05) is 161 Å². The number of hydrogen-bond acceptors (Lipinski definition) is 7. The van der Waals surface area contributed by atoms with Gasteiger partial charge in [-0.15, -0.1) is 0 Å². The molecule has 0 rings (SSSR count). The van der Waals surface area contributed by atoms with Gasteiger partial charge in [0, 0.05) is 18.6 Å². The number of allylic oxidation sites excluding steroid dienone is 4. The van der Waals surface area contributed by atoms with E-state index in [4.69, 9.17) is 18.9 Å². The zero-order chi connectivity index (χ0) is 40.5. The normalized spacial score (nSPS) is 15.6. The monoisotopic (exact) mass is 783 g/mol. The number of hydrogen-bond donors (Lipinski definition) is 3. The van der Waals surface area contributed by atoms with E-state index in [9.17, 15) is 15.3 Å². The fraction of sp³-hybridized carbons (Fsp3) is 0.917. The summed E-state index contributed by atoms with van der Waals surface area (Å²) < 4.78 is 24.0. The van der Waals surface area contributed by atoms with Crippen LogP contribution in [0.1, 0.15) is 221 Å². The molecule has 328 valence electrons. The van der Waals surface area contributed by atoms with Gasteiger partial charge in [-0.05, 0) is 84.5 Å². The number of aliphatic hydroxyl groups excluding tert-OH is 3. The number of rotatable bonds is 44. The molecule has 0 spiro atoms. The first-order valence-electron chi connectivity index (χ1n) is 23.6. The van der Waals surface area contributed by atoms with Gasteiger partial charge in [0.25, 0.3) is 0 Å². The molecule has 3 N–H and O–H groups in total. The average molecular weight is 783 g/mol. The number of aliphatic hydroxyl groups is 3. The van der Waals surface area contributed by atoms with Crippen molar-refractivity contribution in [2.24, 2.45) is 5.41 Å². The summed E-state index contributed by atoms with van der Waals surface area (Å²) in [4.78, 5) is 0. The Morgan fingerprint density at radius 1 is 0.418 bits per heavy atom. The molecule has 4 unspecified atom stereocenters. The van der Waals surface area contributed by atoms with Crippen LogP contribution in [-0.2, 0) is 18.9 Å². The average Bonchev–Trinajstić information content (AvgIpc) is 3.18. The van der Waals surface area contributed by atoms with Crippen molar-refractivity contribution in [3.63, 3.8) is 0 Å². The third-order valence-corrected chi connectivity index (χ3v) is 10.9. The highest BCUT2D eigenvalue weighted by molar-refractivity contribution is 4.82. The maximum atomic E-state index is 10.4. The summed E-state index contributed by atoms with van der Waals surface area (Å²) >= 11 is 0. The quantitative estimate of drug-likeness (QED) is 0.0322. The summed E-state index contributed by atoms with van der Waals surface area (Å²) in [5, 5.41) is 31.1. The molecule has 7 nitrogen and oxygen atoms in total. The first kappa shape index (κ1) is 54.2. The molecule has 0 amide bonds. The molecule has 0 bridgehead atoms. The fourth-order valence-electron chi connectivity index (χ4n) is 6.72. The standard InChI is InChI=1S/C48H94O7/c1-6-9-11-13-15-17-19-21-23-25-27-29-31-33-35-37-39-52-46(44(4)50)54-42-48(8-3,41-49)43-55-47(45(5)51)53-40-38-36-34-32-30-28-26-24-22-20-18-16-14-12-10-7-2/h21-24,44-47,49-51H,6-20,25-43H2,1-5H3/b23-21-,24-22-. The summed E-state index contributed by atoms with van der Waals surface area (Å²) in [5.74, 6) is 0. The minimum Gasteiger partial charge on any atom is -0.396 e. The molecule has 0 aromatic rings. The van der Waals surface area contributed by atoms with Gasteiger partial charge in [0.1, 0.15) is 12.2 Å². The van der Waals surface area contributed by atoms with Crippen molar-refractivity contribution in [2.45, 2.75) is 246 Å². The Kier molecular flexibility index (Phi) is 40.8. The van der Waals surface area contributed by atoms with Crippen molar-refractivity contribution < 1.29 is 34.3 Å². The lowest BCUT2D eigenvalue weighted by Crippen LogP contribution is -2.42.